The minimum Gasteiger partial charge on any atom is -0.357 e. The van der Waals surface area contributed by atoms with Gasteiger partial charge in [0.05, 0.1) is 13.1 Å². The quantitative estimate of drug-likeness (QED) is 0.269. The van der Waals surface area contributed by atoms with Crippen LogP contribution in [-0.4, -0.2) is 50.3 Å². The van der Waals surface area contributed by atoms with Crippen molar-refractivity contribution in [3.63, 3.8) is 0 Å². The SMILES string of the molecule is CCNC(=NCc1cccs1)NCCCN(C)CC(F)(F)F.I. The van der Waals surface area contributed by atoms with Crippen LogP contribution in [0.3, 0.4) is 0 Å². The van der Waals surface area contributed by atoms with Gasteiger partial charge in [-0.1, -0.05) is 6.07 Å². The largest absolute Gasteiger partial charge is 0.401 e. The van der Waals surface area contributed by atoms with Crippen molar-refractivity contribution in [1.29, 1.82) is 0 Å². The molecule has 0 fully saturated rings. The molecule has 0 bridgehead atoms. The van der Waals surface area contributed by atoms with Gasteiger partial charge in [0.15, 0.2) is 5.96 Å². The third-order valence-electron chi connectivity index (χ3n) is 2.78. The lowest BCUT2D eigenvalue weighted by Gasteiger charge is -2.18. The fraction of sp³-hybridized carbons (Fsp3) is 0.643. The van der Waals surface area contributed by atoms with Crippen molar-refractivity contribution in [2.45, 2.75) is 26.1 Å². The smallest absolute Gasteiger partial charge is 0.357 e. The molecule has 1 rings (SSSR count). The molecule has 23 heavy (non-hydrogen) atoms. The first kappa shape index (κ1) is 22.4. The zero-order chi connectivity index (χ0) is 16.4. The third-order valence-corrected chi connectivity index (χ3v) is 3.64. The Morgan fingerprint density at radius 2 is 2.09 bits per heavy atom. The maximum atomic E-state index is 12.2. The molecule has 0 aliphatic carbocycles. The first-order valence-electron chi connectivity index (χ1n) is 7.20. The summed E-state index contributed by atoms with van der Waals surface area (Å²) in [5.74, 6) is 0.689. The standard InChI is InChI=1S/C14H23F3N4S.HI/c1-3-18-13(20-10-12-6-4-9-22-12)19-7-5-8-21(2)11-14(15,16)17;/h4,6,9H,3,5,7-8,10-11H2,1-2H3,(H2,18,19,20);1H. The highest BCUT2D eigenvalue weighted by Gasteiger charge is 2.28. The van der Waals surface area contributed by atoms with Gasteiger partial charge in [-0.3, -0.25) is 4.90 Å². The van der Waals surface area contributed by atoms with Crippen LogP contribution in [0, 0.1) is 0 Å². The molecule has 0 saturated carbocycles. The van der Waals surface area contributed by atoms with Crippen molar-refractivity contribution >= 4 is 41.3 Å². The number of nitrogens with zero attached hydrogens (tertiary/aromatic N) is 2. The summed E-state index contributed by atoms with van der Waals surface area (Å²) >= 11 is 1.64. The van der Waals surface area contributed by atoms with Gasteiger partial charge in [-0.25, -0.2) is 4.99 Å². The number of rotatable bonds is 8. The maximum absolute atomic E-state index is 12.2. The first-order valence-corrected chi connectivity index (χ1v) is 8.08. The van der Waals surface area contributed by atoms with Crippen LogP contribution in [0.4, 0.5) is 13.2 Å². The second kappa shape index (κ2) is 11.9. The van der Waals surface area contributed by atoms with E-state index in [0.717, 1.165) is 6.54 Å². The van der Waals surface area contributed by atoms with Gasteiger partial charge >= 0.3 is 6.18 Å². The van der Waals surface area contributed by atoms with Crippen LogP contribution in [0.5, 0.6) is 0 Å². The molecule has 4 nitrogen and oxygen atoms in total. The molecular formula is C14H24F3IN4S. The summed E-state index contributed by atoms with van der Waals surface area (Å²) in [6.07, 6.45) is -3.52. The van der Waals surface area contributed by atoms with E-state index in [1.807, 2.05) is 24.4 Å². The molecule has 0 radical (unpaired) electrons. The van der Waals surface area contributed by atoms with E-state index in [4.69, 9.17) is 0 Å². The third kappa shape index (κ3) is 11.6. The molecule has 0 spiro atoms. The molecule has 134 valence electrons. The van der Waals surface area contributed by atoms with E-state index < -0.39 is 12.7 Å². The van der Waals surface area contributed by atoms with Crippen LogP contribution in [0.2, 0.25) is 0 Å². The van der Waals surface area contributed by atoms with Gasteiger partial charge in [-0.05, 0) is 38.4 Å². The lowest BCUT2D eigenvalue weighted by molar-refractivity contribution is -0.143. The molecular weight excluding hydrogens is 440 g/mol. The van der Waals surface area contributed by atoms with Crippen LogP contribution in [0.1, 0.15) is 18.2 Å². The molecule has 0 aliphatic heterocycles. The van der Waals surface area contributed by atoms with Crippen molar-refractivity contribution in [2.75, 3.05) is 33.2 Å². The molecule has 1 aromatic rings. The van der Waals surface area contributed by atoms with Crippen LogP contribution in [0.15, 0.2) is 22.5 Å². The molecule has 0 aliphatic rings. The van der Waals surface area contributed by atoms with Crippen LogP contribution >= 0.6 is 35.3 Å². The van der Waals surface area contributed by atoms with Gasteiger partial charge in [0.2, 0.25) is 0 Å². The van der Waals surface area contributed by atoms with E-state index in [9.17, 15) is 13.2 Å². The van der Waals surface area contributed by atoms with E-state index in [-0.39, 0.29) is 24.0 Å². The predicted octanol–water partition coefficient (Wildman–Crippen LogP) is 3.31. The Labute approximate surface area is 156 Å². The van der Waals surface area contributed by atoms with Crippen molar-refractivity contribution in [3.05, 3.63) is 22.4 Å². The lowest BCUT2D eigenvalue weighted by atomic mass is 10.4. The predicted molar refractivity (Wildman–Crippen MR) is 101 cm³/mol. The highest BCUT2D eigenvalue weighted by Crippen LogP contribution is 2.15. The van der Waals surface area contributed by atoms with E-state index in [0.29, 0.717) is 32.0 Å². The Morgan fingerprint density at radius 3 is 2.65 bits per heavy atom. The summed E-state index contributed by atoms with van der Waals surface area (Å²) in [7, 11) is 1.48. The number of alkyl halides is 3. The molecule has 0 aromatic carbocycles. The summed E-state index contributed by atoms with van der Waals surface area (Å²) in [6, 6.07) is 4.00. The monoisotopic (exact) mass is 464 g/mol. The number of halogens is 4. The van der Waals surface area contributed by atoms with E-state index in [2.05, 4.69) is 15.6 Å². The summed E-state index contributed by atoms with van der Waals surface area (Å²) in [4.78, 5) is 6.89. The molecule has 0 atom stereocenters. The average Bonchev–Trinajstić information content (AvgIpc) is 2.92. The van der Waals surface area contributed by atoms with Crippen molar-refractivity contribution in [1.82, 2.24) is 15.5 Å². The van der Waals surface area contributed by atoms with Crippen LogP contribution in [-0.2, 0) is 6.54 Å². The normalized spacial score (nSPS) is 12.2. The van der Waals surface area contributed by atoms with E-state index in [1.54, 1.807) is 11.3 Å². The second-order valence-electron chi connectivity index (χ2n) is 4.91. The summed E-state index contributed by atoms with van der Waals surface area (Å²) < 4.78 is 36.6. The number of hydrogen-bond donors (Lipinski definition) is 2. The van der Waals surface area contributed by atoms with E-state index >= 15 is 0 Å². The minimum atomic E-state index is -4.14. The number of hydrogen-bond acceptors (Lipinski definition) is 3. The lowest BCUT2D eigenvalue weighted by Crippen LogP contribution is -2.39. The molecule has 0 unspecified atom stereocenters. The van der Waals surface area contributed by atoms with Gasteiger partial charge in [0.25, 0.3) is 0 Å². The topological polar surface area (TPSA) is 39.7 Å². The first-order chi connectivity index (χ1) is 10.4. The highest BCUT2D eigenvalue weighted by molar-refractivity contribution is 14.0. The van der Waals surface area contributed by atoms with E-state index in [1.165, 1.54) is 16.8 Å². The fourth-order valence-corrected chi connectivity index (χ4v) is 2.47. The second-order valence-corrected chi connectivity index (χ2v) is 5.94. The van der Waals surface area contributed by atoms with Crippen LogP contribution in [0.25, 0.3) is 0 Å². The summed E-state index contributed by atoms with van der Waals surface area (Å²) in [5.41, 5.74) is 0. The number of aliphatic imine (C=N–C) groups is 1. The van der Waals surface area contributed by atoms with Crippen molar-refractivity contribution < 1.29 is 13.2 Å². The molecule has 9 heteroatoms. The molecule has 1 heterocycles. The van der Waals surface area contributed by atoms with Gasteiger partial charge in [0.1, 0.15) is 0 Å². The zero-order valence-electron chi connectivity index (χ0n) is 13.3. The number of thiophene rings is 1. The Bertz CT molecular complexity index is 438. The highest BCUT2D eigenvalue weighted by atomic mass is 127. The van der Waals surface area contributed by atoms with Gasteiger partial charge in [-0.15, -0.1) is 35.3 Å². The minimum absolute atomic E-state index is 0. The van der Waals surface area contributed by atoms with Gasteiger partial charge < -0.3 is 10.6 Å². The molecule has 1 aromatic heterocycles. The van der Waals surface area contributed by atoms with Crippen LogP contribution < -0.4 is 10.6 Å². The molecule has 0 amide bonds. The Balaban J connectivity index is 0.00000484. The maximum Gasteiger partial charge on any atom is 0.401 e. The fourth-order valence-electron chi connectivity index (χ4n) is 1.84. The van der Waals surface area contributed by atoms with Crippen molar-refractivity contribution in [3.8, 4) is 0 Å². The number of guanidine groups is 1. The Morgan fingerprint density at radius 1 is 1.35 bits per heavy atom. The van der Waals surface area contributed by atoms with Gasteiger partial charge in [-0.2, -0.15) is 13.2 Å². The molecule has 2 N–H and O–H groups in total. The number of nitrogens with one attached hydrogen (secondary N) is 2. The Kier molecular flexibility index (Phi) is 11.6. The average molecular weight is 464 g/mol. The zero-order valence-corrected chi connectivity index (χ0v) is 16.5. The molecule has 0 saturated heterocycles. The Hall–Kier alpha value is -0.550. The summed E-state index contributed by atoms with van der Waals surface area (Å²) in [5, 5.41) is 8.26. The van der Waals surface area contributed by atoms with Crippen molar-refractivity contribution in [2.24, 2.45) is 4.99 Å². The summed E-state index contributed by atoms with van der Waals surface area (Å²) in [6.45, 7) is 3.40. The van der Waals surface area contributed by atoms with Gasteiger partial charge in [0, 0.05) is 18.0 Å².